The second-order valence-electron chi connectivity index (χ2n) is 4.13. The summed E-state index contributed by atoms with van der Waals surface area (Å²) in [4.78, 5) is 10.1. The molecule has 0 fully saturated rings. The molecule has 0 amide bonds. The van der Waals surface area contributed by atoms with Crippen LogP contribution < -0.4 is 9.88 Å². The van der Waals surface area contributed by atoms with Crippen LogP contribution in [0.25, 0.3) is 0 Å². The molecule has 0 spiro atoms. The van der Waals surface area contributed by atoms with Crippen molar-refractivity contribution in [1.82, 2.24) is 0 Å². The molecule has 0 saturated carbocycles. The number of aryl methyl sites for hydroxylation is 1. The normalized spacial score (nSPS) is 11.3. The van der Waals surface area contributed by atoms with Crippen LogP contribution in [0.5, 0.6) is 5.75 Å². The Balaban J connectivity index is 2.44. The van der Waals surface area contributed by atoms with Crippen LogP contribution in [0.4, 0.5) is 5.69 Å². The van der Waals surface area contributed by atoms with Gasteiger partial charge in [0, 0.05) is 12.1 Å². The van der Waals surface area contributed by atoms with Crippen LogP contribution in [0.3, 0.4) is 0 Å². The highest BCUT2D eigenvalue weighted by molar-refractivity contribution is 7.89. The standard InChI is InChI=1S/C11H16N2O5S/c1-9-8-10(13(14)15)4-5-11(9)18-6-2-3-7-19(12,16)17/h4-5,8H,2-3,6-7H2,1H3,(H2,12,16,17). The van der Waals surface area contributed by atoms with E-state index in [1.54, 1.807) is 6.92 Å². The fourth-order valence-corrected chi connectivity index (χ4v) is 2.10. The van der Waals surface area contributed by atoms with E-state index in [2.05, 4.69) is 0 Å². The molecule has 0 aromatic heterocycles. The van der Waals surface area contributed by atoms with Gasteiger partial charge in [-0.1, -0.05) is 0 Å². The molecule has 0 atom stereocenters. The van der Waals surface area contributed by atoms with Gasteiger partial charge in [0.25, 0.3) is 5.69 Å². The molecular formula is C11H16N2O5S. The van der Waals surface area contributed by atoms with Crippen molar-refractivity contribution in [2.24, 2.45) is 5.14 Å². The second-order valence-corrected chi connectivity index (χ2v) is 5.86. The largest absolute Gasteiger partial charge is 0.493 e. The summed E-state index contributed by atoms with van der Waals surface area (Å²) in [6, 6.07) is 4.33. The average Bonchev–Trinajstić information content (AvgIpc) is 2.28. The van der Waals surface area contributed by atoms with Crippen molar-refractivity contribution >= 4 is 15.7 Å². The van der Waals surface area contributed by atoms with Crippen molar-refractivity contribution in [2.75, 3.05) is 12.4 Å². The number of non-ortho nitro benzene ring substituents is 1. The third kappa shape index (κ3) is 5.66. The molecule has 0 unspecified atom stereocenters. The third-order valence-corrected chi connectivity index (χ3v) is 3.31. The van der Waals surface area contributed by atoms with Crippen LogP contribution in [0, 0.1) is 17.0 Å². The number of ether oxygens (including phenoxy) is 1. The maximum absolute atomic E-state index is 10.7. The molecule has 106 valence electrons. The first-order chi connectivity index (χ1) is 8.79. The molecule has 0 aliphatic rings. The van der Waals surface area contributed by atoms with Gasteiger partial charge in [-0.15, -0.1) is 0 Å². The molecule has 2 N–H and O–H groups in total. The fraction of sp³-hybridized carbons (Fsp3) is 0.455. The van der Waals surface area contributed by atoms with Crippen molar-refractivity contribution in [1.29, 1.82) is 0 Å². The number of sulfonamides is 1. The number of benzene rings is 1. The highest BCUT2D eigenvalue weighted by Gasteiger charge is 2.08. The number of rotatable bonds is 7. The monoisotopic (exact) mass is 288 g/mol. The van der Waals surface area contributed by atoms with E-state index in [0.717, 1.165) is 0 Å². The highest BCUT2D eigenvalue weighted by Crippen LogP contribution is 2.23. The van der Waals surface area contributed by atoms with Crippen molar-refractivity contribution in [2.45, 2.75) is 19.8 Å². The molecule has 7 nitrogen and oxygen atoms in total. The molecule has 1 rings (SSSR count). The van der Waals surface area contributed by atoms with Gasteiger partial charge >= 0.3 is 0 Å². The first kappa shape index (κ1) is 15.4. The minimum atomic E-state index is -3.42. The summed E-state index contributed by atoms with van der Waals surface area (Å²) < 4.78 is 26.8. The van der Waals surface area contributed by atoms with E-state index in [4.69, 9.17) is 9.88 Å². The Hall–Kier alpha value is -1.67. The molecule has 0 saturated heterocycles. The van der Waals surface area contributed by atoms with E-state index in [9.17, 15) is 18.5 Å². The SMILES string of the molecule is Cc1cc([N+](=O)[O-])ccc1OCCCCS(N)(=O)=O. The summed E-state index contributed by atoms with van der Waals surface area (Å²) in [7, 11) is -3.42. The van der Waals surface area contributed by atoms with Gasteiger partial charge in [0.2, 0.25) is 10.0 Å². The summed E-state index contributed by atoms with van der Waals surface area (Å²) >= 11 is 0. The zero-order valence-electron chi connectivity index (χ0n) is 10.5. The Kier molecular flexibility index (Phi) is 5.25. The minimum absolute atomic E-state index is 0.0130. The number of nitro benzene ring substituents is 1. The van der Waals surface area contributed by atoms with Gasteiger partial charge in [-0.3, -0.25) is 10.1 Å². The topological polar surface area (TPSA) is 113 Å². The molecule has 0 bridgehead atoms. The van der Waals surface area contributed by atoms with Gasteiger partial charge in [-0.25, -0.2) is 13.6 Å². The van der Waals surface area contributed by atoms with E-state index < -0.39 is 14.9 Å². The molecule has 1 aromatic rings. The van der Waals surface area contributed by atoms with E-state index in [1.807, 2.05) is 0 Å². The summed E-state index contributed by atoms with van der Waals surface area (Å²) in [6.07, 6.45) is 0.970. The minimum Gasteiger partial charge on any atom is -0.493 e. The van der Waals surface area contributed by atoms with E-state index in [-0.39, 0.29) is 11.4 Å². The molecule has 0 radical (unpaired) electrons. The number of hydrogen-bond acceptors (Lipinski definition) is 5. The Bertz CT molecular complexity index is 556. The van der Waals surface area contributed by atoms with Crippen LogP contribution in [0.1, 0.15) is 18.4 Å². The molecule has 0 aliphatic carbocycles. The number of primary sulfonamides is 1. The van der Waals surface area contributed by atoms with Crippen LogP contribution in [0.2, 0.25) is 0 Å². The zero-order valence-corrected chi connectivity index (χ0v) is 11.4. The second kappa shape index (κ2) is 6.48. The number of unbranched alkanes of at least 4 members (excludes halogenated alkanes) is 1. The maximum atomic E-state index is 10.7. The van der Waals surface area contributed by atoms with Gasteiger partial charge in [-0.05, 0) is 31.4 Å². The number of nitrogens with two attached hydrogens (primary N) is 1. The number of hydrogen-bond donors (Lipinski definition) is 1. The van der Waals surface area contributed by atoms with Gasteiger partial charge < -0.3 is 4.74 Å². The first-order valence-corrected chi connectivity index (χ1v) is 7.39. The van der Waals surface area contributed by atoms with Crippen LogP contribution in [-0.2, 0) is 10.0 Å². The Labute approximate surface area is 111 Å². The maximum Gasteiger partial charge on any atom is 0.269 e. The lowest BCUT2D eigenvalue weighted by Gasteiger charge is -2.08. The third-order valence-electron chi connectivity index (χ3n) is 2.45. The predicted octanol–water partition coefficient (Wildman–Crippen LogP) is 1.35. The molecule has 0 aliphatic heterocycles. The lowest BCUT2D eigenvalue weighted by atomic mass is 10.2. The molecule has 1 aromatic carbocycles. The van der Waals surface area contributed by atoms with Crippen LogP contribution in [0.15, 0.2) is 18.2 Å². The molecular weight excluding hydrogens is 272 g/mol. The van der Waals surface area contributed by atoms with E-state index in [1.165, 1.54) is 18.2 Å². The van der Waals surface area contributed by atoms with Crippen molar-refractivity contribution in [3.8, 4) is 5.75 Å². The van der Waals surface area contributed by atoms with E-state index in [0.29, 0.717) is 30.8 Å². The Morgan fingerprint density at radius 3 is 2.58 bits per heavy atom. The summed E-state index contributed by atoms with van der Waals surface area (Å²) in [6.45, 7) is 2.06. The number of nitrogens with zero attached hydrogens (tertiary/aromatic N) is 1. The zero-order chi connectivity index (χ0) is 14.5. The average molecular weight is 288 g/mol. The molecule has 19 heavy (non-hydrogen) atoms. The van der Waals surface area contributed by atoms with Crippen molar-refractivity contribution in [3.05, 3.63) is 33.9 Å². The Morgan fingerprint density at radius 1 is 1.37 bits per heavy atom. The van der Waals surface area contributed by atoms with Gasteiger partial charge in [0.05, 0.1) is 17.3 Å². The van der Waals surface area contributed by atoms with Crippen LogP contribution in [-0.4, -0.2) is 25.7 Å². The fourth-order valence-electron chi connectivity index (χ4n) is 1.50. The Morgan fingerprint density at radius 2 is 2.05 bits per heavy atom. The van der Waals surface area contributed by atoms with Crippen molar-refractivity contribution in [3.63, 3.8) is 0 Å². The van der Waals surface area contributed by atoms with Gasteiger partial charge in [0.1, 0.15) is 5.75 Å². The lowest BCUT2D eigenvalue weighted by molar-refractivity contribution is -0.384. The molecule has 8 heteroatoms. The van der Waals surface area contributed by atoms with E-state index >= 15 is 0 Å². The van der Waals surface area contributed by atoms with Gasteiger partial charge in [-0.2, -0.15) is 0 Å². The predicted molar refractivity (Wildman–Crippen MR) is 70.5 cm³/mol. The first-order valence-electron chi connectivity index (χ1n) is 5.68. The lowest BCUT2D eigenvalue weighted by Crippen LogP contribution is -2.16. The smallest absolute Gasteiger partial charge is 0.269 e. The highest BCUT2D eigenvalue weighted by atomic mass is 32.2. The summed E-state index contributed by atoms with van der Waals surface area (Å²) in [5.74, 6) is 0.483. The summed E-state index contributed by atoms with van der Waals surface area (Å²) in [5.41, 5.74) is 0.680. The molecule has 0 heterocycles. The number of nitro groups is 1. The summed E-state index contributed by atoms with van der Waals surface area (Å²) in [5, 5.41) is 15.4. The quantitative estimate of drug-likeness (QED) is 0.462. The van der Waals surface area contributed by atoms with Crippen LogP contribution >= 0.6 is 0 Å². The van der Waals surface area contributed by atoms with Gasteiger partial charge in [0.15, 0.2) is 0 Å². The van der Waals surface area contributed by atoms with Crippen molar-refractivity contribution < 1.29 is 18.1 Å².